The fourth-order valence-electron chi connectivity index (χ4n) is 0.965. The zero-order chi connectivity index (χ0) is 9.73. The molecule has 1 aliphatic rings. The zero-order valence-corrected chi connectivity index (χ0v) is 7.27. The van der Waals surface area contributed by atoms with E-state index in [4.69, 9.17) is 14.6 Å². The number of methoxy groups -OCH3 is 1. The fourth-order valence-corrected chi connectivity index (χ4v) is 0.965. The molecule has 1 rings (SSSR count). The number of carboxylic acids is 1. The molecule has 4 heteroatoms. The number of ether oxygens (including phenoxy) is 2. The van der Waals surface area contributed by atoms with Crippen LogP contribution >= 0.6 is 0 Å². The number of aliphatic carboxylic acids is 1. The predicted octanol–water partition coefficient (Wildman–Crippen LogP) is 0.761. The molecular weight excluding hydrogens is 172 g/mol. The molecule has 0 bridgehead atoms. The van der Waals surface area contributed by atoms with Crippen LogP contribution in [0.4, 0.5) is 0 Å². The largest absolute Gasteiger partial charge is 0.480 e. The lowest BCUT2D eigenvalue weighted by Crippen LogP contribution is -2.33. The van der Waals surface area contributed by atoms with Crippen molar-refractivity contribution >= 4 is 5.97 Å². The van der Waals surface area contributed by atoms with E-state index in [-0.39, 0.29) is 6.61 Å². The van der Waals surface area contributed by atoms with Gasteiger partial charge in [-0.2, -0.15) is 0 Å². The van der Waals surface area contributed by atoms with E-state index in [1.807, 2.05) is 0 Å². The van der Waals surface area contributed by atoms with Gasteiger partial charge in [0, 0.05) is 13.5 Å². The molecule has 1 radical (unpaired) electrons. The molecule has 4 nitrogen and oxygen atoms in total. The Hall–Kier alpha value is -1.13. The summed E-state index contributed by atoms with van der Waals surface area (Å²) in [5.41, 5.74) is 0. The van der Waals surface area contributed by atoms with E-state index in [9.17, 15) is 4.79 Å². The fraction of sp³-hybridized carbons (Fsp3) is 0.333. The number of hydrogen-bond acceptors (Lipinski definition) is 3. The summed E-state index contributed by atoms with van der Waals surface area (Å²) in [6.45, 7) is -0.386. The van der Waals surface area contributed by atoms with Crippen LogP contribution in [-0.4, -0.2) is 30.6 Å². The van der Waals surface area contributed by atoms with Crippen LogP contribution in [0.25, 0.3) is 0 Å². The van der Waals surface area contributed by atoms with E-state index in [0.717, 1.165) is 0 Å². The van der Waals surface area contributed by atoms with Gasteiger partial charge in [0.05, 0.1) is 0 Å². The summed E-state index contributed by atoms with van der Waals surface area (Å²) in [4.78, 5) is 10.3. The van der Waals surface area contributed by atoms with Crippen LogP contribution in [0.1, 0.15) is 0 Å². The zero-order valence-electron chi connectivity index (χ0n) is 7.27. The van der Waals surface area contributed by atoms with Crippen LogP contribution in [0.5, 0.6) is 0 Å². The van der Waals surface area contributed by atoms with Crippen molar-refractivity contribution in [3.63, 3.8) is 0 Å². The summed E-state index contributed by atoms with van der Waals surface area (Å²) >= 11 is 0. The minimum Gasteiger partial charge on any atom is -0.480 e. The average molecular weight is 183 g/mol. The van der Waals surface area contributed by atoms with Crippen molar-refractivity contribution < 1.29 is 19.4 Å². The van der Waals surface area contributed by atoms with Crippen molar-refractivity contribution in [2.24, 2.45) is 0 Å². The summed E-state index contributed by atoms with van der Waals surface area (Å²) in [6, 6.07) is 0. The molecule has 0 aromatic rings. The highest BCUT2D eigenvalue weighted by molar-refractivity contribution is 5.68. The topological polar surface area (TPSA) is 55.8 Å². The molecule has 0 atom stereocenters. The highest BCUT2D eigenvalue weighted by Gasteiger charge is 2.26. The SMILES string of the molecule is COC1(OCC(=O)O)C=C[CH]C=C1. The van der Waals surface area contributed by atoms with Crippen LogP contribution < -0.4 is 0 Å². The second kappa shape index (κ2) is 4.20. The standard InChI is InChI=1S/C9H11O4/c1-12-9(13-7-8(10)11)5-3-2-4-6-9/h2-6H,7H2,1H3,(H,10,11). The highest BCUT2D eigenvalue weighted by atomic mass is 16.7. The highest BCUT2D eigenvalue weighted by Crippen LogP contribution is 2.20. The second-order valence-corrected chi connectivity index (χ2v) is 2.52. The summed E-state index contributed by atoms with van der Waals surface area (Å²) in [5.74, 6) is -2.04. The number of allylic oxidation sites excluding steroid dienone is 2. The number of hydrogen-bond donors (Lipinski definition) is 1. The molecule has 0 amide bonds. The molecule has 0 fully saturated rings. The molecular formula is C9H11O4. The first-order valence-corrected chi connectivity index (χ1v) is 3.80. The van der Waals surface area contributed by atoms with Gasteiger partial charge in [0.2, 0.25) is 5.79 Å². The summed E-state index contributed by atoms with van der Waals surface area (Å²) < 4.78 is 10.1. The Balaban J connectivity index is 2.58. The van der Waals surface area contributed by atoms with Crippen LogP contribution in [0.15, 0.2) is 24.3 Å². The number of carboxylic acid groups (broad SMARTS) is 1. The third-order valence-electron chi connectivity index (χ3n) is 1.62. The van der Waals surface area contributed by atoms with Gasteiger partial charge in [0.1, 0.15) is 6.61 Å². The Morgan fingerprint density at radius 2 is 2.08 bits per heavy atom. The van der Waals surface area contributed by atoms with Crippen molar-refractivity contribution in [2.75, 3.05) is 13.7 Å². The van der Waals surface area contributed by atoms with E-state index in [0.29, 0.717) is 0 Å². The minimum atomic E-state index is -1.02. The lowest BCUT2D eigenvalue weighted by atomic mass is 10.1. The molecule has 13 heavy (non-hydrogen) atoms. The lowest BCUT2D eigenvalue weighted by Gasteiger charge is -2.26. The van der Waals surface area contributed by atoms with Crippen LogP contribution in [0.3, 0.4) is 0 Å². The maximum atomic E-state index is 10.3. The van der Waals surface area contributed by atoms with Gasteiger partial charge in [-0.1, -0.05) is 12.2 Å². The third kappa shape index (κ3) is 2.68. The van der Waals surface area contributed by atoms with Crippen molar-refractivity contribution in [1.29, 1.82) is 0 Å². The van der Waals surface area contributed by atoms with E-state index in [2.05, 4.69) is 0 Å². The molecule has 0 heterocycles. The van der Waals surface area contributed by atoms with E-state index >= 15 is 0 Å². The molecule has 0 aliphatic heterocycles. The molecule has 0 saturated carbocycles. The maximum absolute atomic E-state index is 10.3. The Bertz CT molecular complexity index is 230. The van der Waals surface area contributed by atoms with Gasteiger partial charge in [-0.05, 0) is 12.2 Å². The first kappa shape index (κ1) is 9.95. The van der Waals surface area contributed by atoms with Gasteiger partial charge >= 0.3 is 5.97 Å². The van der Waals surface area contributed by atoms with Gasteiger partial charge in [-0.25, -0.2) is 4.79 Å². The summed E-state index contributed by atoms with van der Waals surface area (Å²) in [6.07, 6.45) is 8.59. The van der Waals surface area contributed by atoms with Gasteiger partial charge in [-0.3, -0.25) is 0 Å². The maximum Gasteiger partial charge on any atom is 0.329 e. The Morgan fingerprint density at radius 3 is 2.54 bits per heavy atom. The van der Waals surface area contributed by atoms with Gasteiger partial charge in [0.25, 0.3) is 0 Å². The molecule has 0 unspecified atom stereocenters. The number of rotatable bonds is 4. The van der Waals surface area contributed by atoms with E-state index in [1.54, 1.807) is 30.7 Å². The van der Waals surface area contributed by atoms with Crippen LogP contribution in [-0.2, 0) is 14.3 Å². The van der Waals surface area contributed by atoms with Gasteiger partial charge in [0.15, 0.2) is 0 Å². The molecule has 0 spiro atoms. The molecule has 1 aliphatic carbocycles. The molecule has 1 N–H and O–H groups in total. The predicted molar refractivity (Wildman–Crippen MR) is 45.9 cm³/mol. The molecule has 71 valence electrons. The quantitative estimate of drug-likeness (QED) is 0.654. The van der Waals surface area contributed by atoms with Crippen LogP contribution in [0, 0.1) is 6.42 Å². The monoisotopic (exact) mass is 183 g/mol. The van der Waals surface area contributed by atoms with Gasteiger partial charge in [-0.15, -0.1) is 0 Å². The Morgan fingerprint density at radius 1 is 1.46 bits per heavy atom. The molecule has 0 saturated heterocycles. The Labute approximate surface area is 76.5 Å². The summed E-state index contributed by atoms with van der Waals surface area (Å²) in [5, 5.41) is 8.42. The van der Waals surface area contributed by atoms with E-state index < -0.39 is 11.8 Å². The third-order valence-corrected chi connectivity index (χ3v) is 1.62. The van der Waals surface area contributed by atoms with Crippen molar-refractivity contribution in [3.8, 4) is 0 Å². The van der Waals surface area contributed by atoms with Crippen molar-refractivity contribution in [1.82, 2.24) is 0 Å². The minimum absolute atomic E-state index is 0.386. The number of carbonyl (C=O) groups is 1. The average Bonchev–Trinajstić information content (AvgIpc) is 2.16. The van der Waals surface area contributed by atoms with Crippen molar-refractivity contribution in [3.05, 3.63) is 30.7 Å². The normalized spacial score (nSPS) is 18.8. The first-order chi connectivity index (χ1) is 6.18. The smallest absolute Gasteiger partial charge is 0.329 e. The molecule has 0 aromatic heterocycles. The Kier molecular flexibility index (Phi) is 3.22. The van der Waals surface area contributed by atoms with Gasteiger partial charge < -0.3 is 14.6 Å². The van der Waals surface area contributed by atoms with E-state index in [1.165, 1.54) is 7.11 Å². The van der Waals surface area contributed by atoms with Crippen LogP contribution in [0.2, 0.25) is 0 Å². The van der Waals surface area contributed by atoms with Crippen molar-refractivity contribution in [2.45, 2.75) is 5.79 Å². The lowest BCUT2D eigenvalue weighted by molar-refractivity contribution is -0.175. The first-order valence-electron chi connectivity index (χ1n) is 3.80. The molecule has 0 aromatic carbocycles. The second-order valence-electron chi connectivity index (χ2n) is 2.52. The summed E-state index contributed by atoms with van der Waals surface area (Å²) in [7, 11) is 1.46.